The number of ether oxygens (including phenoxy) is 1. The minimum Gasteiger partial charge on any atom is -0.494 e. The molecule has 2 aromatic heterocycles. The molecule has 2 aromatic carbocycles. The van der Waals surface area contributed by atoms with E-state index in [0.717, 1.165) is 28.6 Å². The Morgan fingerprint density at radius 2 is 1.96 bits per heavy atom. The average molecular weight is 391 g/mol. The van der Waals surface area contributed by atoms with Gasteiger partial charge in [0.15, 0.2) is 10.8 Å². The zero-order chi connectivity index (χ0) is 19.1. The van der Waals surface area contributed by atoms with Crippen LogP contribution in [-0.2, 0) is 0 Å². The lowest BCUT2D eigenvalue weighted by Crippen LogP contribution is -2.14. The van der Waals surface area contributed by atoms with Gasteiger partial charge in [0.25, 0.3) is 5.91 Å². The number of carbonyl (C=O) groups excluding carboxylic acids is 1. The summed E-state index contributed by atoms with van der Waals surface area (Å²) in [6.07, 6.45) is 2.03. The van der Waals surface area contributed by atoms with Gasteiger partial charge in [0.2, 0.25) is 5.89 Å². The molecule has 1 saturated carbocycles. The fourth-order valence-electron chi connectivity index (χ4n) is 3.12. The summed E-state index contributed by atoms with van der Waals surface area (Å²) in [7, 11) is 1.61. The SMILES string of the molecule is COc1cccc2sc(NC(=O)c3nc(-c4ccccc4)oc3C3CC3)nc12. The minimum atomic E-state index is -0.300. The van der Waals surface area contributed by atoms with Crippen LogP contribution in [0.3, 0.4) is 0 Å². The van der Waals surface area contributed by atoms with E-state index in [1.54, 1.807) is 7.11 Å². The monoisotopic (exact) mass is 391 g/mol. The van der Waals surface area contributed by atoms with Crippen LogP contribution in [-0.4, -0.2) is 23.0 Å². The van der Waals surface area contributed by atoms with E-state index >= 15 is 0 Å². The van der Waals surface area contributed by atoms with Crippen molar-refractivity contribution in [2.45, 2.75) is 18.8 Å². The molecule has 140 valence electrons. The molecule has 6 nitrogen and oxygen atoms in total. The van der Waals surface area contributed by atoms with Crippen molar-refractivity contribution in [3.63, 3.8) is 0 Å². The van der Waals surface area contributed by atoms with Crippen molar-refractivity contribution in [2.75, 3.05) is 12.4 Å². The lowest BCUT2D eigenvalue weighted by atomic mass is 10.2. The summed E-state index contributed by atoms with van der Waals surface area (Å²) >= 11 is 1.40. The first-order valence-electron chi connectivity index (χ1n) is 9.04. The molecular formula is C21H17N3O3S. The summed E-state index contributed by atoms with van der Waals surface area (Å²) in [6, 6.07) is 15.3. The van der Waals surface area contributed by atoms with Gasteiger partial charge < -0.3 is 9.15 Å². The van der Waals surface area contributed by atoms with E-state index in [9.17, 15) is 4.79 Å². The van der Waals surface area contributed by atoms with Crippen molar-refractivity contribution in [1.82, 2.24) is 9.97 Å². The Bertz CT molecular complexity index is 1160. The number of hydrogen-bond acceptors (Lipinski definition) is 6. The largest absolute Gasteiger partial charge is 0.494 e. The summed E-state index contributed by atoms with van der Waals surface area (Å²) in [5, 5.41) is 3.39. The van der Waals surface area contributed by atoms with Gasteiger partial charge in [-0.2, -0.15) is 0 Å². The van der Waals surface area contributed by atoms with Crippen molar-refractivity contribution in [1.29, 1.82) is 0 Å². The topological polar surface area (TPSA) is 77.2 Å². The maximum Gasteiger partial charge on any atom is 0.279 e. The zero-order valence-electron chi connectivity index (χ0n) is 15.1. The lowest BCUT2D eigenvalue weighted by molar-refractivity contribution is 0.102. The number of thiazole rings is 1. The third-order valence-electron chi connectivity index (χ3n) is 4.66. The molecule has 28 heavy (non-hydrogen) atoms. The van der Waals surface area contributed by atoms with Crippen LogP contribution in [0.5, 0.6) is 5.75 Å². The molecule has 0 radical (unpaired) electrons. The predicted molar refractivity (Wildman–Crippen MR) is 108 cm³/mol. The molecule has 0 saturated heterocycles. The van der Waals surface area contributed by atoms with E-state index in [1.807, 2.05) is 48.5 Å². The lowest BCUT2D eigenvalue weighted by Gasteiger charge is -2.00. The molecule has 5 rings (SSSR count). The number of nitrogens with one attached hydrogen (secondary N) is 1. The van der Waals surface area contributed by atoms with Crippen LogP contribution in [0.2, 0.25) is 0 Å². The molecule has 1 fully saturated rings. The van der Waals surface area contributed by atoms with Crippen LogP contribution in [0, 0.1) is 0 Å². The summed E-state index contributed by atoms with van der Waals surface area (Å²) in [5.74, 6) is 1.78. The van der Waals surface area contributed by atoms with Gasteiger partial charge in [-0.1, -0.05) is 35.6 Å². The van der Waals surface area contributed by atoms with Crippen molar-refractivity contribution < 1.29 is 13.9 Å². The van der Waals surface area contributed by atoms with Crippen LogP contribution in [0.4, 0.5) is 5.13 Å². The van der Waals surface area contributed by atoms with E-state index in [0.29, 0.717) is 28.2 Å². The Balaban J connectivity index is 1.47. The molecule has 0 atom stereocenters. The Labute approximate surface area is 165 Å². The molecule has 7 heteroatoms. The standard InChI is InChI=1S/C21H17N3O3S/c1-26-14-8-5-9-15-16(14)23-21(28-15)24-19(25)17-18(12-10-11-12)27-20(22-17)13-6-3-2-4-7-13/h2-9,12H,10-11H2,1H3,(H,23,24,25). The predicted octanol–water partition coefficient (Wildman–Crippen LogP) is 5.09. The Morgan fingerprint density at radius 3 is 2.71 bits per heavy atom. The van der Waals surface area contributed by atoms with Crippen molar-refractivity contribution in [3.05, 3.63) is 60.0 Å². The van der Waals surface area contributed by atoms with Crippen LogP contribution < -0.4 is 10.1 Å². The van der Waals surface area contributed by atoms with Gasteiger partial charge >= 0.3 is 0 Å². The van der Waals surface area contributed by atoms with E-state index < -0.39 is 0 Å². The maximum atomic E-state index is 12.9. The number of hydrogen-bond donors (Lipinski definition) is 1. The highest BCUT2D eigenvalue weighted by Gasteiger charge is 2.34. The first-order chi connectivity index (χ1) is 13.7. The number of fused-ring (bicyclic) bond motifs is 1. The van der Waals surface area contributed by atoms with Crippen molar-refractivity contribution in [2.24, 2.45) is 0 Å². The molecule has 1 amide bonds. The fourth-order valence-corrected chi connectivity index (χ4v) is 4.00. The highest BCUT2D eigenvalue weighted by atomic mass is 32.1. The summed E-state index contributed by atoms with van der Waals surface area (Å²) in [5.41, 5.74) is 1.93. The molecule has 4 aromatic rings. The second-order valence-corrected chi connectivity index (χ2v) is 7.68. The van der Waals surface area contributed by atoms with E-state index in [-0.39, 0.29) is 11.8 Å². The Kier molecular flexibility index (Phi) is 4.09. The highest BCUT2D eigenvalue weighted by molar-refractivity contribution is 7.22. The third kappa shape index (κ3) is 3.03. The Morgan fingerprint density at radius 1 is 1.14 bits per heavy atom. The highest BCUT2D eigenvalue weighted by Crippen LogP contribution is 2.43. The average Bonchev–Trinajstić information content (AvgIpc) is 3.33. The van der Waals surface area contributed by atoms with Crippen LogP contribution >= 0.6 is 11.3 Å². The van der Waals surface area contributed by atoms with E-state index in [2.05, 4.69) is 15.3 Å². The zero-order valence-corrected chi connectivity index (χ0v) is 16.0. The number of anilines is 1. The molecule has 0 aliphatic heterocycles. The number of oxazole rings is 1. The molecule has 1 aliphatic carbocycles. The van der Waals surface area contributed by atoms with E-state index in [1.165, 1.54) is 11.3 Å². The quantitative estimate of drug-likeness (QED) is 0.513. The number of amides is 1. The maximum absolute atomic E-state index is 12.9. The van der Waals surface area contributed by atoms with E-state index in [4.69, 9.17) is 9.15 Å². The number of rotatable bonds is 5. The van der Waals surface area contributed by atoms with Crippen LogP contribution in [0.1, 0.15) is 35.0 Å². The van der Waals surface area contributed by atoms with Crippen molar-refractivity contribution >= 4 is 32.6 Å². The first-order valence-corrected chi connectivity index (χ1v) is 9.85. The molecule has 0 spiro atoms. The van der Waals surface area contributed by atoms with Gasteiger partial charge in [-0.25, -0.2) is 9.97 Å². The second kappa shape index (κ2) is 6.76. The first kappa shape index (κ1) is 16.9. The number of nitrogens with zero attached hydrogens (tertiary/aromatic N) is 2. The minimum absolute atomic E-state index is 0.265. The number of benzene rings is 2. The van der Waals surface area contributed by atoms with Crippen molar-refractivity contribution in [3.8, 4) is 17.2 Å². The number of aromatic nitrogens is 2. The smallest absolute Gasteiger partial charge is 0.279 e. The summed E-state index contributed by atoms with van der Waals surface area (Å²) < 4.78 is 12.3. The molecule has 2 heterocycles. The number of carbonyl (C=O) groups is 1. The van der Waals surface area contributed by atoms with Gasteiger partial charge in [0.1, 0.15) is 17.0 Å². The van der Waals surface area contributed by atoms with Crippen LogP contribution in [0.25, 0.3) is 21.7 Å². The van der Waals surface area contributed by atoms with Gasteiger partial charge in [-0.3, -0.25) is 10.1 Å². The van der Waals surface area contributed by atoms with Gasteiger partial charge in [0.05, 0.1) is 11.8 Å². The summed E-state index contributed by atoms with van der Waals surface area (Å²) in [6.45, 7) is 0. The normalized spacial score (nSPS) is 13.6. The van der Waals surface area contributed by atoms with Gasteiger partial charge in [-0.15, -0.1) is 0 Å². The Hall–Kier alpha value is -3.19. The molecule has 1 aliphatic rings. The second-order valence-electron chi connectivity index (χ2n) is 6.65. The third-order valence-corrected chi connectivity index (χ3v) is 5.60. The van der Waals surface area contributed by atoms with Gasteiger partial charge in [0, 0.05) is 11.5 Å². The molecular weight excluding hydrogens is 374 g/mol. The number of methoxy groups -OCH3 is 1. The molecule has 1 N–H and O–H groups in total. The van der Waals surface area contributed by atoms with Crippen LogP contribution in [0.15, 0.2) is 52.9 Å². The van der Waals surface area contributed by atoms with Gasteiger partial charge in [-0.05, 0) is 37.1 Å². The molecule has 0 bridgehead atoms. The fraction of sp³-hybridized carbons (Fsp3) is 0.190. The number of para-hydroxylation sites is 1. The molecule has 0 unspecified atom stereocenters. The summed E-state index contributed by atoms with van der Waals surface area (Å²) in [4.78, 5) is 22.0.